The summed E-state index contributed by atoms with van der Waals surface area (Å²) >= 11 is 7.49. The van der Waals surface area contributed by atoms with E-state index in [-0.39, 0.29) is 5.37 Å². The summed E-state index contributed by atoms with van der Waals surface area (Å²) in [5, 5.41) is 9.38. The van der Waals surface area contributed by atoms with Crippen molar-refractivity contribution >= 4 is 40.1 Å². The van der Waals surface area contributed by atoms with E-state index < -0.39 is 22.8 Å². The number of rotatable bonds is 3. The van der Waals surface area contributed by atoms with Crippen molar-refractivity contribution in [2.24, 2.45) is 15.2 Å². The fourth-order valence-corrected chi connectivity index (χ4v) is 5.40. The van der Waals surface area contributed by atoms with E-state index in [4.69, 9.17) is 11.6 Å². The standard InChI is InChI=1S/C21H20ClFN4OS/c1-4-20(2)21(3)18(25-26-20)29-19(27(21)16-12-8-7-11-15(16)23)24-17(28)13-9-5-6-10-14(13)22/h5-12,18H,4H2,1-3H3. The fraction of sp³-hybridized carbons (Fsp3) is 0.333. The van der Waals surface area contributed by atoms with Crippen molar-refractivity contribution in [3.63, 3.8) is 0 Å². The second kappa shape index (κ2) is 7.22. The lowest BCUT2D eigenvalue weighted by Gasteiger charge is -2.43. The molecule has 0 aliphatic carbocycles. The summed E-state index contributed by atoms with van der Waals surface area (Å²) in [4.78, 5) is 19.0. The number of halogens is 2. The smallest absolute Gasteiger partial charge is 0.280 e. The number of fused-ring (bicyclic) bond motifs is 1. The Morgan fingerprint density at radius 3 is 2.62 bits per heavy atom. The zero-order valence-electron chi connectivity index (χ0n) is 16.3. The van der Waals surface area contributed by atoms with E-state index in [1.54, 1.807) is 47.4 Å². The maximum atomic E-state index is 14.8. The van der Waals surface area contributed by atoms with Gasteiger partial charge in [-0.3, -0.25) is 4.79 Å². The largest absolute Gasteiger partial charge is 0.306 e. The van der Waals surface area contributed by atoms with Gasteiger partial charge in [-0.1, -0.05) is 54.6 Å². The molecule has 3 atom stereocenters. The zero-order valence-corrected chi connectivity index (χ0v) is 17.8. The first kappa shape index (κ1) is 20.0. The van der Waals surface area contributed by atoms with Gasteiger partial charge in [-0.25, -0.2) is 4.39 Å². The van der Waals surface area contributed by atoms with E-state index in [1.807, 2.05) is 20.8 Å². The minimum absolute atomic E-state index is 0.301. The Balaban J connectivity index is 1.86. The summed E-state index contributed by atoms with van der Waals surface area (Å²) < 4.78 is 14.8. The van der Waals surface area contributed by atoms with Crippen LogP contribution < -0.4 is 4.90 Å². The highest BCUT2D eigenvalue weighted by Crippen LogP contribution is 2.55. The van der Waals surface area contributed by atoms with E-state index in [2.05, 4.69) is 15.2 Å². The van der Waals surface area contributed by atoms with Gasteiger partial charge < -0.3 is 4.90 Å². The highest BCUT2D eigenvalue weighted by Gasteiger charge is 2.64. The van der Waals surface area contributed by atoms with Gasteiger partial charge in [0.2, 0.25) is 0 Å². The van der Waals surface area contributed by atoms with Gasteiger partial charge >= 0.3 is 0 Å². The molecule has 2 aliphatic heterocycles. The van der Waals surface area contributed by atoms with Crippen LogP contribution in [-0.4, -0.2) is 27.5 Å². The zero-order chi connectivity index (χ0) is 20.8. The van der Waals surface area contributed by atoms with Gasteiger partial charge in [-0.15, -0.1) is 0 Å². The molecule has 2 aliphatic rings. The molecule has 2 aromatic carbocycles. The third-order valence-electron chi connectivity index (χ3n) is 5.91. The lowest BCUT2D eigenvalue weighted by molar-refractivity contribution is 0.100. The number of carbonyl (C=O) groups is 1. The van der Waals surface area contributed by atoms with Gasteiger partial charge in [-0.05, 0) is 44.5 Å². The van der Waals surface area contributed by atoms with Gasteiger partial charge in [0, 0.05) is 0 Å². The lowest BCUT2D eigenvalue weighted by atomic mass is 9.77. The quantitative estimate of drug-likeness (QED) is 0.604. The molecule has 0 bridgehead atoms. The van der Waals surface area contributed by atoms with E-state index in [1.165, 1.54) is 17.8 Å². The average Bonchev–Trinajstić information content (AvgIpc) is 3.12. The summed E-state index contributed by atoms with van der Waals surface area (Å²) in [6.45, 7) is 6.04. The Bertz CT molecular complexity index is 1040. The number of hydrogen-bond acceptors (Lipinski definition) is 4. The van der Waals surface area contributed by atoms with Crippen molar-refractivity contribution in [3.8, 4) is 0 Å². The first-order chi connectivity index (χ1) is 13.8. The second-order valence-corrected chi connectivity index (χ2v) is 8.88. The van der Waals surface area contributed by atoms with Crippen LogP contribution in [0.5, 0.6) is 0 Å². The summed E-state index contributed by atoms with van der Waals surface area (Å²) in [6.07, 6.45) is 0.709. The number of aliphatic imine (C=N–C) groups is 1. The Kier molecular flexibility index (Phi) is 4.99. The van der Waals surface area contributed by atoms with Crippen molar-refractivity contribution < 1.29 is 9.18 Å². The molecular weight excluding hydrogens is 411 g/mol. The number of thioether (sulfide) groups is 1. The average molecular weight is 431 g/mol. The summed E-state index contributed by atoms with van der Waals surface area (Å²) in [5.41, 5.74) is -0.577. The van der Waals surface area contributed by atoms with Crippen molar-refractivity contribution in [2.75, 3.05) is 4.90 Å². The Morgan fingerprint density at radius 1 is 1.24 bits per heavy atom. The summed E-state index contributed by atoms with van der Waals surface area (Å²) in [5.74, 6) is -0.864. The lowest BCUT2D eigenvalue weighted by Crippen LogP contribution is -2.60. The molecule has 0 spiro atoms. The molecule has 2 heterocycles. The van der Waals surface area contributed by atoms with Crippen LogP contribution in [0.15, 0.2) is 63.8 Å². The van der Waals surface area contributed by atoms with E-state index in [0.717, 1.165) is 0 Å². The molecule has 1 amide bonds. The van der Waals surface area contributed by atoms with Gasteiger partial charge in [0.25, 0.3) is 5.91 Å². The Morgan fingerprint density at radius 2 is 1.93 bits per heavy atom. The van der Waals surface area contributed by atoms with Crippen LogP contribution in [0.1, 0.15) is 37.6 Å². The third kappa shape index (κ3) is 2.99. The number of para-hydroxylation sites is 1. The maximum Gasteiger partial charge on any atom is 0.280 e. The fourth-order valence-electron chi connectivity index (χ4n) is 3.77. The molecule has 0 saturated carbocycles. The number of amidine groups is 1. The summed E-state index contributed by atoms with van der Waals surface area (Å²) in [7, 11) is 0. The van der Waals surface area contributed by atoms with Crippen molar-refractivity contribution in [2.45, 2.75) is 43.6 Å². The second-order valence-electron chi connectivity index (χ2n) is 7.43. The molecule has 150 valence electrons. The molecule has 5 nitrogen and oxygen atoms in total. The molecule has 0 radical (unpaired) electrons. The first-order valence-corrected chi connectivity index (χ1v) is 10.6. The van der Waals surface area contributed by atoms with Crippen LogP contribution in [0.4, 0.5) is 10.1 Å². The molecule has 2 aromatic rings. The number of amides is 1. The van der Waals surface area contributed by atoms with Crippen LogP contribution in [0, 0.1) is 5.82 Å². The topological polar surface area (TPSA) is 57.4 Å². The number of azo groups is 1. The molecular formula is C21H20ClFN4OS. The van der Waals surface area contributed by atoms with E-state index in [9.17, 15) is 9.18 Å². The molecule has 4 rings (SSSR count). The van der Waals surface area contributed by atoms with Gasteiger partial charge in [0.05, 0.1) is 16.3 Å². The van der Waals surface area contributed by atoms with E-state index >= 15 is 0 Å². The van der Waals surface area contributed by atoms with Crippen LogP contribution in [-0.2, 0) is 0 Å². The molecule has 0 N–H and O–H groups in total. The molecule has 8 heteroatoms. The Hall–Kier alpha value is -2.25. The van der Waals surface area contributed by atoms with E-state index in [0.29, 0.717) is 27.9 Å². The number of benzene rings is 2. The van der Waals surface area contributed by atoms with Crippen molar-refractivity contribution in [1.29, 1.82) is 0 Å². The minimum Gasteiger partial charge on any atom is -0.306 e. The monoisotopic (exact) mass is 430 g/mol. The molecule has 1 fully saturated rings. The van der Waals surface area contributed by atoms with Crippen LogP contribution in [0.2, 0.25) is 5.02 Å². The summed E-state index contributed by atoms with van der Waals surface area (Å²) in [6, 6.07) is 13.2. The SMILES string of the molecule is CCC1(C)N=NC2SC(=NC(=O)c3ccccc3Cl)N(c3ccccc3F)C21C. The highest BCUT2D eigenvalue weighted by molar-refractivity contribution is 8.15. The minimum atomic E-state index is -0.672. The van der Waals surface area contributed by atoms with Gasteiger partial charge in [-0.2, -0.15) is 15.2 Å². The van der Waals surface area contributed by atoms with Crippen LogP contribution in [0.25, 0.3) is 0 Å². The Labute approximate surface area is 178 Å². The maximum absolute atomic E-state index is 14.8. The van der Waals surface area contributed by atoms with Crippen molar-refractivity contribution in [3.05, 3.63) is 64.9 Å². The number of anilines is 1. The predicted molar refractivity (Wildman–Crippen MR) is 115 cm³/mol. The number of hydrogen-bond donors (Lipinski definition) is 0. The van der Waals surface area contributed by atoms with Gasteiger partial charge in [0.15, 0.2) is 5.17 Å². The third-order valence-corrected chi connectivity index (χ3v) is 7.50. The van der Waals surface area contributed by atoms with Gasteiger partial charge in [0.1, 0.15) is 22.3 Å². The molecule has 29 heavy (non-hydrogen) atoms. The molecule has 3 unspecified atom stereocenters. The van der Waals surface area contributed by atoms with Crippen LogP contribution >= 0.6 is 23.4 Å². The normalized spacial score (nSPS) is 29.5. The highest BCUT2D eigenvalue weighted by atomic mass is 35.5. The number of nitrogens with zero attached hydrogens (tertiary/aromatic N) is 4. The first-order valence-electron chi connectivity index (χ1n) is 9.33. The van der Waals surface area contributed by atoms with Crippen LogP contribution in [0.3, 0.4) is 0 Å². The molecule has 1 saturated heterocycles. The predicted octanol–water partition coefficient (Wildman–Crippen LogP) is 5.95. The molecule has 0 aromatic heterocycles. The van der Waals surface area contributed by atoms with Crippen molar-refractivity contribution in [1.82, 2.24) is 0 Å². The number of carbonyl (C=O) groups excluding carboxylic acids is 1.